The maximum Gasteiger partial charge on any atom is 0.307 e. The second-order valence-corrected chi connectivity index (χ2v) is 7.78. The molecular formula is C18H28IN3O2S. The summed E-state index contributed by atoms with van der Waals surface area (Å²) >= 11 is 1.93. The zero-order valence-corrected chi connectivity index (χ0v) is 18.2. The molecule has 2 N–H and O–H groups in total. The Kier molecular flexibility index (Phi) is 9.63. The lowest BCUT2D eigenvalue weighted by Gasteiger charge is -2.18. The van der Waals surface area contributed by atoms with Crippen LogP contribution in [0.15, 0.2) is 40.2 Å². The molecule has 1 aliphatic carbocycles. The summed E-state index contributed by atoms with van der Waals surface area (Å²) in [5.74, 6) is 0.540. The third kappa shape index (κ3) is 8.31. The summed E-state index contributed by atoms with van der Waals surface area (Å²) < 4.78 is 5.37. The van der Waals surface area contributed by atoms with Crippen LogP contribution < -0.4 is 10.6 Å². The Morgan fingerprint density at radius 3 is 2.52 bits per heavy atom. The molecule has 1 fully saturated rings. The lowest BCUT2D eigenvalue weighted by Crippen LogP contribution is -2.42. The molecule has 0 radical (unpaired) electrons. The van der Waals surface area contributed by atoms with Crippen molar-refractivity contribution in [3.8, 4) is 0 Å². The fourth-order valence-electron chi connectivity index (χ4n) is 2.26. The number of halogens is 1. The van der Waals surface area contributed by atoms with Crippen molar-refractivity contribution in [3.63, 3.8) is 0 Å². The number of rotatable bonds is 8. The molecule has 2 rings (SSSR count). The van der Waals surface area contributed by atoms with Crippen LogP contribution in [0.4, 0.5) is 0 Å². The Bertz CT molecular complexity index is 563. The normalized spacial score (nSPS) is 15.3. The number of aliphatic imine (C=N–C) groups is 1. The molecule has 1 saturated carbocycles. The summed E-state index contributed by atoms with van der Waals surface area (Å²) in [4.78, 5) is 17.0. The fraction of sp³-hybridized carbons (Fsp3) is 0.556. The Hall–Kier alpha value is -0.960. The van der Waals surface area contributed by atoms with Crippen LogP contribution in [0, 0.1) is 0 Å². The highest BCUT2D eigenvalue weighted by Gasteiger charge is 2.43. The van der Waals surface area contributed by atoms with Gasteiger partial charge in [-0.15, -0.1) is 35.7 Å². The van der Waals surface area contributed by atoms with E-state index in [2.05, 4.69) is 39.9 Å². The Morgan fingerprint density at radius 2 is 1.96 bits per heavy atom. The van der Waals surface area contributed by atoms with Crippen LogP contribution >= 0.6 is 35.7 Å². The highest BCUT2D eigenvalue weighted by atomic mass is 127. The third-order valence-electron chi connectivity index (χ3n) is 3.68. The standard InChI is InChI=1S/C18H27N3O2S.HI/c1-14(2)23-16(22)9-12-20-17(19-3)21-13-18(10-11-18)24-15-7-5-4-6-8-15;/h4-8,14H,9-13H2,1-3H3,(H2,19,20,21);1H. The lowest BCUT2D eigenvalue weighted by molar-refractivity contribution is -0.147. The van der Waals surface area contributed by atoms with E-state index in [4.69, 9.17) is 4.74 Å². The predicted molar refractivity (Wildman–Crippen MR) is 115 cm³/mol. The first-order chi connectivity index (χ1) is 11.5. The molecule has 0 atom stereocenters. The first-order valence-corrected chi connectivity index (χ1v) is 9.23. The van der Waals surface area contributed by atoms with Crippen molar-refractivity contribution >= 4 is 47.7 Å². The van der Waals surface area contributed by atoms with Crippen LogP contribution in [-0.2, 0) is 9.53 Å². The van der Waals surface area contributed by atoms with Gasteiger partial charge in [0.15, 0.2) is 5.96 Å². The van der Waals surface area contributed by atoms with Gasteiger partial charge >= 0.3 is 5.97 Å². The average molecular weight is 477 g/mol. The third-order valence-corrected chi connectivity index (χ3v) is 5.17. The minimum absolute atomic E-state index is 0. The number of benzene rings is 1. The van der Waals surface area contributed by atoms with Crippen molar-refractivity contribution in [3.05, 3.63) is 30.3 Å². The van der Waals surface area contributed by atoms with E-state index >= 15 is 0 Å². The minimum Gasteiger partial charge on any atom is -0.463 e. The van der Waals surface area contributed by atoms with Gasteiger partial charge in [-0.25, -0.2) is 0 Å². The fourth-order valence-corrected chi connectivity index (χ4v) is 3.51. The first kappa shape index (κ1) is 22.1. The highest BCUT2D eigenvalue weighted by Crippen LogP contribution is 2.51. The van der Waals surface area contributed by atoms with Gasteiger partial charge in [0.25, 0.3) is 0 Å². The molecule has 0 heterocycles. The summed E-state index contributed by atoms with van der Waals surface area (Å²) in [6.45, 7) is 5.09. The van der Waals surface area contributed by atoms with E-state index in [1.165, 1.54) is 17.7 Å². The Balaban J connectivity index is 0.00000312. The van der Waals surface area contributed by atoms with Crippen molar-refractivity contribution in [1.82, 2.24) is 10.6 Å². The topological polar surface area (TPSA) is 62.7 Å². The van der Waals surface area contributed by atoms with Crippen molar-refractivity contribution in [2.24, 2.45) is 4.99 Å². The van der Waals surface area contributed by atoms with E-state index in [1.54, 1.807) is 7.05 Å². The summed E-state index contributed by atoms with van der Waals surface area (Å²) in [6.07, 6.45) is 2.68. The first-order valence-electron chi connectivity index (χ1n) is 8.41. The molecule has 1 aromatic carbocycles. The molecule has 0 amide bonds. The van der Waals surface area contributed by atoms with Crippen LogP contribution in [-0.4, -0.2) is 42.9 Å². The molecule has 0 unspecified atom stereocenters. The van der Waals surface area contributed by atoms with Crippen molar-refractivity contribution in [2.45, 2.75) is 48.9 Å². The van der Waals surface area contributed by atoms with Crippen molar-refractivity contribution < 1.29 is 9.53 Å². The van der Waals surface area contributed by atoms with E-state index < -0.39 is 0 Å². The molecule has 5 nitrogen and oxygen atoms in total. The van der Waals surface area contributed by atoms with E-state index in [9.17, 15) is 4.79 Å². The summed E-state index contributed by atoms with van der Waals surface area (Å²) in [5.41, 5.74) is 0. The maximum atomic E-state index is 11.5. The second-order valence-electron chi connectivity index (χ2n) is 6.24. The van der Waals surface area contributed by atoms with Crippen LogP contribution in [0.5, 0.6) is 0 Å². The van der Waals surface area contributed by atoms with Crippen molar-refractivity contribution in [2.75, 3.05) is 20.1 Å². The molecule has 0 bridgehead atoms. The van der Waals surface area contributed by atoms with Gasteiger partial charge in [-0.1, -0.05) is 18.2 Å². The molecule has 0 aromatic heterocycles. The molecule has 0 aliphatic heterocycles. The van der Waals surface area contributed by atoms with E-state index in [0.717, 1.165) is 12.5 Å². The number of nitrogens with zero attached hydrogens (tertiary/aromatic N) is 1. The van der Waals surface area contributed by atoms with E-state index in [0.29, 0.717) is 13.0 Å². The summed E-state index contributed by atoms with van der Waals surface area (Å²) in [5, 5.41) is 6.54. The summed E-state index contributed by atoms with van der Waals surface area (Å²) in [6, 6.07) is 10.5. The van der Waals surface area contributed by atoms with Crippen LogP contribution in [0.25, 0.3) is 0 Å². The molecule has 1 aromatic rings. The van der Waals surface area contributed by atoms with Gasteiger partial charge < -0.3 is 15.4 Å². The largest absolute Gasteiger partial charge is 0.463 e. The monoisotopic (exact) mass is 477 g/mol. The lowest BCUT2D eigenvalue weighted by atomic mass is 10.4. The van der Waals surface area contributed by atoms with E-state index in [-0.39, 0.29) is 40.8 Å². The highest BCUT2D eigenvalue weighted by molar-refractivity contribution is 14.0. The number of thioether (sulfide) groups is 1. The number of carbonyl (C=O) groups excluding carboxylic acids is 1. The second kappa shape index (κ2) is 10.9. The number of nitrogens with one attached hydrogen (secondary N) is 2. The molecule has 0 saturated heterocycles. The quantitative estimate of drug-likeness (QED) is 0.260. The number of hydrogen-bond donors (Lipinski definition) is 2. The van der Waals surface area contributed by atoms with Gasteiger partial charge in [0.05, 0.1) is 12.5 Å². The van der Waals surface area contributed by atoms with Crippen molar-refractivity contribution in [1.29, 1.82) is 0 Å². The predicted octanol–water partition coefficient (Wildman–Crippen LogP) is 3.44. The molecule has 1 aliphatic rings. The number of hydrogen-bond acceptors (Lipinski definition) is 4. The summed E-state index contributed by atoms with van der Waals surface area (Å²) in [7, 11) is 1.74. The zero-order valence-electron chi connectivity index (χ0n) is 15.1. The Morgan fingerprint density at radius 1 is 1.28 bits per heavy atom. The molecule has 140 valence electrons. The molecule has 25 heavy (non-hydrogen) atoms. The van der Waals surface area contributed by atoms with Gasteiger partial charge in [-0.05, 0) is 38.8 Å². The number of carbonyl (C=O) groups is 1. The van der Waals surface area contributed by atoms with E-state index in [1.807, 2.05) is 31.7 Å². The maximum absolute atomic E-state index is 11.5. The smallest absolute Gasteiger partial charge is 0.307 e. The molecule has 7 heteroatoms. The van der Waals surface area contributed by atoms with Crippen LogP contribution in [0.1, 0.15) is 33.1 Å². The van der Waals surface area contributed by atoms with Crippen LogP contribution in [0.3, 0.4) is 0 Å². The van der Waals surface area contributed by atoms with Gasteiger partial charge in [0.2, 0.25) is 0 Å². The van der Waals surface area contributed by atoms with Gasteiger partial charge in [-0.2, -0.15) is 0 Å². The minimum atomic E-state index is -0.189. The number of esters is 1. The number of ether oxygens (including phenoxy) is 1. The number of guanidine groups is 1. The van der Waals surface area contributed by atoms with Crippen LogP contribution in [0.2, 0.25) is 0 Å². The zero-order chi connectivity index (χ0) is 17.4. The van der Waals surface area contributed by atoms with Gasteiger partial charge in [-0.3, -0.25) is 9.79 Å². The molecular weight excluding hydrogens is 449 g/mol. The molecule has 0 spiro atoms. The average Bonchev–Trinajstić information content (AvgIpc) is 3.30. The Labute approximate surface area is 171 Å². The SMILES string of the molecule is CN=C(NCCC(=O)OC(C)C)NCC1(Sc2ccccc2)CC1.I. The van der Waals surface area contributed by atoms with Gasteiger partial charge in [0.1, 0.15) is 0 Å². The van der Waals surface area contributed by atoms with Gasteiger partial charge in [0, 0.05) is 29.8 Å².